The molecule has 28 heavy (non-hydrogen) atoms. The minimum atomic E-state index is -0.0869. The lowest BCUT2D eigenvalue weighted by molar-refractivity contribution is 0.0747. The van der Waals surface area contributed by atoms with E-state index in [1.165, 1.54) is 11.3 Å². The van der Waals surface area contributed by atoms with Gasteiger partial charge in [-0.15, -0.1) is 11.3 Å². The Hall–Kier alpha value is -3.06. The number of fused-ring (bicyclic) bond motifs is 1. The molecule has 0 unspecified atom stereocenters. The minimum Gasteiger partial charge on any atom is -0.497 e. The van der Waals surface area contributed by atoms with E-state index in [0.29, 0.717) is 18.8 Å². The zero-order valence-electron chi connectivity index (χ0n) is 15.7. The Labute approximate surface area is 167 Å². The summed E-state index contributed by atoms with van der Waals surface area (Å²) in [6, 6.07) is 13.4. The van der Waals surface area contributed by atoms with E-state index in [1.807, 2.05) is 54.8 Å². The highest BCUT2D eigenvalue weighted by Crippen LogP contribution is 2.33. The van der Waals surface area contributed by atoms with Gasteiger partial charge in [0.1, 0.15) is 16.5 Å². The molecule has 0 fully saturated rings. The highest BCUT2D eigenvalue weighted by molar-refractivity contribution is 7.13. The third-order valence-electron chi connectivity index (χ3n) is 4.54. The second kappa shape index (κ2) is 7.90. The topological polar surface area (TPSA) is 60.9 Å². The molecule has 1 aliphatic heterocycles. The van der Waals surface area contributed by atoms with Crippen LogP contribution in [-0.2, 0) is 6.54 Å². The summed E-state index contributed by atoms with van der Waals surface area (Å²) in [5.41, 5.74) is 2.41. The van der Waals surface area contributed by atoms with Crippen molar-refractivity contribution in [2.24, 2.45) is 0 Å². The highest BCUT2D eigenvalue weighted by Gasteiger charge is 2.20. The second-order valence-corrected chi connectivity index (χ2v) is 7.13. The molecule has 1 aromatic heterocycles. The average molecular weight is 396 g/mol. The van der Waals surface area contributed by atoms with Crippen LogP contribution in [0.1, 0.15) is 23.0 Å². The molecule has 0 N–H and O–H groups in total. The van der Waals surface area contributed by atoms with Crippen LogP contribution in [0.5, 0.6) is 17.2 Å². The first kappa shape index (κ1) is 18.3. The normalized spacial score (nSPS) is 12.1. The summed E-state index contributed by atoms with van der Waals surface area (Å²) in [6.45, 7) is 3.27. The van der Waals surface area contributed by atoms with E-state index >= 15 is 0 Å². The molecule has 2 heterocycles. The largest absolute Gasteiger partial charge is 0.497 e. The number of rotatable bonds is 6. The molecule has 1 aliphatic rings. The zero-order chi connectivity index (χ0) is 19.5. The standard InChI is InChI=1S/C21H20N2O4S/c1-3-23(11-14-4-9-18-19(10-14)27-13-26-18)21(24)17-12-28-20(22-17)15-5-7-16(25-2)8-6-15/h4-10,12H,3,11,13H2,1-2H3. The Morgan fingerprint density at radius 1 is 1.18 bits per heavy atom. The van der Waals surface area contributed by atoms with Gasteiger partial charge in [-0.1, -0.05) is 6.07 Å². The van der Waals surface area contributed by atoms with E-state index in [0.717, 1.165) is 33.4 Å². The fraction of sp³-hybridized carbons (Fsp3) is 0.238. The fourth-order valence-electron chi connectivity index (χ4n) is 2.99. The van der Waals surface area contributed by atoms with Crippen LogP contribution < -0.4 is 14.2 Å². The Morgan fingerprint density at radius 2 is 1.96 bits per heavy atom. The van der Waals surface area contributed by atoms with Crippen molar-refractivity contribution in [3.8, 4) is 27.8 Å². The number of benzene rings is 2. The van der Waals surface area contributed by atoms with Gasteiger partial charge in [0.25, 0.3) is 5.91 Å². The number of amides is 1. The maximum atomic E-state index is 13.0. The van der Waals surface area contributed by atoms with Crippen molar-refractivity contribution in [2.75, 3.05) is 20.4 Å². The highest BCUT2D eigenvalue weighted by atomic mass is 32.1. The fourth-order valence-corrected chi connectivity index (χ4v) is 3.79. The number of hydrogen-bond acceptors (Lipinski definition) is 6. The molecule has 0 saturated heterocycles. The van der Waals surface area contributed by atoms with Crippen LogP contribution in [0, 0.1) is 0 Å². The number of nitrogens with zero attached hydrogens (tertiary/aromatic N) is 2. The van der Waals surface area contributed by atoms with Crippen LogP contribution in [0.15, 0.2) is 47.8 Å². The summed E-state index contributed by atoms with van der Waals surface area (Å²) in [7, 11) is 1.63. The number of carbonyl (C=O) groups excluding carboxylic acids is 1. The van der Waals surface area contributed by atoms with Crippen molar-refractivity contribution in [3.05, 3.63) is 59.1 Å². The van der Waals surface area contributed by atoms with Crippen LogP contribution in [-0.4, -0.2) is 36.2 Å². The van der Waals surface area contributed by atoms with E-state index in [2.05, 4.69) is 4.98 Å². The molecule has 0 radical (unpaired) electrons. The van der Waals surface area contributed by atoms with Crippen LogP contribution >= 0.6 is 11.3 Å². The molecule has 0 bridgehead atoms. The van der Waals surface area contributed by atoms with E-state index < -0.39 is 0 Å². The van der Waals surface area contributed by atoms with Crippen LogP contribution in [0.4, 0.5) is 0 Å². The van der Waals surface area contributed by atoms with Gasteiger partial charge in [0.2, 0.25) is 6.79 Å². The van der Waals surface area contributed by atoms with Gasteiger partial charge in [-0.2, -0.15) is 0 Å². The van der Waals surface area contributed by atoms with Gasteiger partial charge in [0.05, 0.1) is 7.11 Å². The molecular formula is C21H20N2O4S. The quantitative estimate of drug-likeness (QED) is 0.625. The second-order valence-electron chi connectivity index (χ2n) is 6.27. The Kier molecular flexibility index (Phi) is 5.16. The third kappa shape index (κ3) is 3.66. The van der Waals surface area contributed by atoms with E-state index in [9.17, 15) is 4.79 Å². The molecule has 3 aromatic rings. The van der Waals surface area contributed by atoms with Crippen molar-refractivity contribution in [1.29, 1.82) is 0 Å². The molecule has 0 saturated carbocycles. The lowest BCUT2D eigenvalue weighted by Gasteiger charge is -2.20. The van der Waals surface area contributed by atoms with Crippen LogP contribution in [0.25, 0.3) is 10.6 Å². The van der Waals surface area contributed by atoms with Gasteiger partial charge in [-0.05, 0) is 48.9 Å². The number of methoxy groups -OCH3 is 1. The zero-order valence-corrected chi connectivity index (χ0v) is 16.5. The molecule has 1 amide bonds. The van der Waals surface area contributed by atoms with Gasteiger partial charge in [-0.3, -0.25) is 4.79 Å². The Bertz CT molecular complexity index is 984. The van der Waals surface area contributed by atoms with Crippen LogP contribution in [0.2, 0.25) is 0 Å². The van der Waals surface area contributed by atoms with E-state index in [1.54, 1.807) is 12.0 Å². The van der Waals surface area contributed by atoms with Crippen molar-refractivity contribution in [3.63, 3.8) is 0 Å². The van der Waals surface area contributed by atoms with E-state index in [-0.39, 0.29) is 12.7 Å². The maximum absolute atomic E-state index is 13.0. The summed E-state index contributed by atoms with van der Waals surface area (Å²) in [5, 5.41) is 2.62. The molecule has 0 aliphatic carbocycles. The third-order valence-corrected chi connectivity index (χ3v) is 5.43. The van der Waals surface area contributed by atoms with Crippen molar-refractivity contribution >= 4 is 17.2 Å². The molecule has 6 nitrogen and oxygen atoms in total. The molecule has 2 aromatic carbocycles. The van der Waals surface area contributed by atoms with E-state index in [4.69, 9.17) is 14.2 Å². The number of hydrogen-bond donors (Lipinski definition) is 0. The maximum Gasteiger partial charge on any atom is 0.273 e. The van der Waals surface area contributed by atoms with Gasteiger partial charge >= 0.3 is 0 Å². The molecule has 0 spiro atoms. The predicted molar refractivity (Wildman–Crippen MR) is 107 cm³/mol. The lowest BCUT2D eigenvalue weighted by atomic mass is 10.2. The number of carbonyl (C=O) groups is 1. The Morgan fingerprint density at radius 3 is 2.71 bits per heavy atom. The van der Waals surface area contributed by atoms with Crippen molar-refractivity contribution in [1.82, 2.24) is 9.88 Å². The number of aromatic nitrogens is 1. The monoisotopic (exact) mass is 396 g/mol. The first-order valence-electron chi connectivity index (χ1n) is 8.95. The summed E-state index contributed by atoms with van der Waals surface area (Å²) >= 11 is 1.46. The summed E-state index contributed by atoms with van der Waals surface area (Å²) in [5.74, 6) is 2.16. The Balaban J connectivity index is 1.50. The molecule has 7 heteroatoms. The van der Waals surface area contributed by atoms with Gasteiger partial charge < -0.3 is 19.1 Å². The first-order valence-corrected chi connectivity index (χ1v) is 9.83. The van der Waals surface area contributed by atoms with Crippen LogP contribution in [0.3, 0.4) is 0 Å². The average Bonchev–Trinajstić information content (AvgIpc) is 3.41. The summed E-state index contributed by atoms with van der Waals surface area (Å²) in [4.78, 5) is 19.3. The molecule has 0 atom stereocenters. The molecule has 4 rings (SSSR count). The van der Waals surface area contributed by atoms with Gasteiger partial charge in [-0.25, -0.2) is 4.98 Å². The smallest absolute Gasteiger partial charge is 0.273 e. The SMILES string of the molecule is CCN(Cc1ccc2c(c1)OCO2)C(=O)c1csc(-c2ccc(OC)cc2)n1. The van der Waals surface area contributed by atoms with Gasteiger partial charge in [0, 0.05) is 24.0 Å². The molecular weight excluding hydrogens is 376 g/mol. The predicted octanol–water partition coefficient (Wildman–Crippen LogP) is 4.21. The lowest BCUT2D eigenvalue weighted by Crippen LogP contribution is -2.30. The molecule has 144 valence electrons. The number of ether oxygens (including phenoxy) is 3. The number of thiazole rings is 1. The van der Waals surface area contributed by atoms with Gasteiger partial charge in [0.15, 0.2) is 11.5 Å². The van der Waals surface area contributed by atoms with Crippen molar-refractivity contribution < 1.29 is 19.0 Å². The van der Waals surface area contributed by atoms with Crippen molar-refractivity contribution in [2.45, 2.75) is 13.5 Å². The first-order chi connectivity index (χ1) is 13.7. The summed E-state index contributed by atoms with van der Waals surface area (Å²) in [6.07, 6.45) is 0. The minimum absolute atomic E-state index is 0.0869. The summed E-state index contributed by atoms with van der Waals surface area (Å²) < 4.78 is 15.9.